The van der Waals surface area contributed by atoms with E-state index in [1.165, 1.54) is 0 Å². The van der Waals surface area contributed by atoms with Crippen LogP contribution in [0.4, 0.5) is 5.69 Å². The first kappa shape index (κ1) is 17.6. The second kappa shape index (κ2) is 7.43. The molecule has 27 heavy (non-hydrogen) atoms. The summed E-state index contributed by atoms with van der Waals surface area (Å²) >= 11 is 12.3. The molecule has 4 rings (SSSR count). The lowest BCUT2D eigenvalue weighted by atomic mass is 10.1. The molecule has 0 unspecified atom stereocenters. The van der Waals surface area contributed by atoms with E-state index in [4.69, 9.17) is 23.2 Å². The van der Waals surface area contributed by atoms with Crippen LogP contribution in [0.3, 0.4) is 0 Å². The van der Waals surface area contributed by atoms with E-state index in [0.717, 1.165) is 22.5 Å². The smallest absolute Gasteiger partial charge is 0.228 e. The highest BCUT2D eigenvalue weighted by atomic mass is 35.5. The van der Waals surface area contributed by atoms with Crippen molar-refractivity contribution in [3.63, 3.8) is 0 Å². The molecule has 0 saturated carbocycles. The fraction of sp³-hybridized carbons (Fsp3) is 0.0476. The second-order valence-corrected chi connectivity index (χ2v) is 7.00. The molecule has 134 valence electrons. The molecular weight excluding hydrogens is 381 g/mol. The topological polar surface area (TPSA) is 46.4 Å². The molecule has 1 N–H and O–H groups in total. The van der Waals surface area contributed by atoms with Gasteiger partial charge < -0.3 is 9.72 Å². The van der Waals surface area contributed by atoms with E-state index in [1.54, 1.807) is 16.7 Å². The van der Waals surface area contributed by atoms with Gasteiger partial charge in [-0.3, -0.25) is 4.79 Å². The summed E-state index contributed by atoms with van der Waals surface area (Å²) in [6, 6.07) is 18.9. The number of hydrogen-bond acceptors (Lipinski definition) is 2. The molecule has 0 aliphatic rings. The molecule has 2 heterocycles. The number of halogens is 2. The Morgan fingerprint density at radius 1 is 1.00 bits per heavy atom. The Hall–Kier alpha value is -2.82. The Kier molecular flexibility index (Phi) is 4.84. The van der Waals surface area contributed by atoms with Gasteiger partial charge in [0.15, 0.2) is 5.65 Å². The summed E-state index contributed by atoms with van der Waals surface area (Å²) in [5.41, 5.74) is 3.95. The van der Waals surface area contributed by atoms with Crippen LogP contribution in [-0.2, 0) is 11.2 Å². The number of fused-ring (bicyclic) bond motifs is 1. The third kappa shape index (κ3) is 3.97. The number of nitrogens with one attached hydrogen (secondary N) is 1. The van der Waals surface area contributed by atoms with Crippen molar-refractivity contribution in [2.45, 2.75) is 6.42 Å². The van der Waals surface area contributed by atoms with Crippen LogP contribution in [0.25, 0.3) is 16.9 Å². The van der Waals surface area contributed by atoms with Crippen LogP contribution in [0.5, 0.6) is 0 Å². The van der Waals surface area contributed by atoms with Crippen LogP contribution >= 0.6 is 23.2 Å². The maximum atomic E-state index is 12.3. The highest BCUT2D eigenvalue weighted by Gasteiger charge is 2.10. The fourth-order valence-electron chi connectivity index (χ4n) is 2.91. The Bertz CT molecular complexity index is 1120. The van der Waals surface area contributed by atoms with Crippen LogP contribution in [0, 0.1) is 0 Å². The summed E-state index contributed by atoms with van der Waals surface area (Å²) in [5.74, 6) is -0.0665. The van der Waals surface area contributed by atoms with E-state index < -0.39 is 0 Å². The van der Waals surface area contributed by atoms with E-state index in [0.29, 0.717) is 22.1 Å². The highest BCUT2D eigenvalue weighted by molar-refractivity contribution is 6.36. The van der Waals surface area contributed by atoms with Gasteiger partial charge in [0.2, 0.25) is 5.91 Å². The summed E-state index contributed by atoms with van der Waals surface area (Å²) in [4.78, 5) is 16.9. The highest BCUT2D eigenvalue weighted by Crippen LogP contribution is 2.27. The lowest BCUT2D eigenvalue weighted by Crippen LogP contribution is -2.14. The molecule has 0 spiro atoms. The lowest BCUT2D eigenvalue weighted by molar-refractivity contribution is -0.115. The Morgan fingerprint density at radius 2 is 1.81 bits per heavy atom. The number of pyridine rings is 1. The molecule has 0 bridgehead atoms. The summed E-state index contributed by atoms with van der Waals surface area (Å²) in [6.07, 6.45) is 3.94. The average Bonchev–Trinajstić information content (AvgIpc) is 3.07. The number of carbonyl (C=O) groups is 1. The zero-order valence-corrected chi connectivity index (χ0v) is 15.7. The van der Waals surface area contributed by atoms with Crippen LogP contribution < -0.4 is 5.32 Å². The molecule has 1 amide bonds. The molecule has 0 aliphatic heterocycles. The number of benzene rings is 2. The fourth-order valence-corrected chi connectivity index (χ4v) is 3.43. The number of aromatic nitrogens is 2. The standard InChI is InChI=1S/C21H15Cl2N3O/c22-16-11-18(23)21-25-19(13-26(21)12-16)15-7-4-8-17(10-15)24-20(27)9-14-5-2-1-3-6-14/h1-8,10-13H,9H2,(H,24,27). The number of hydrogen-bond donors (Lipinski definition) is 1. The summed E-state index contributed by atoms with van der Waals surface area (Å²) < 4.78 is 1.79. The molecule has 0 saturated heterocycles. The molecule has 4 nitrogen and oxygen atoms in total. The van der Waals surface area contributed by atoms with E-state index in [9.17, 15) is 4.79 Å². The van der Waals surface area contributed by atoms with E-state index in [2.05, 4.69) is 10.3 Å². The SMILES string of the molecule is O=C(Cc1ccccc1)Nc1cccc(-c2cn3cc(Cl)cc(Cl)c3n2)c1. The molecule has 0 radical (unpaired) electrons. The van der Waals surface area contributed by atoms with Crippen LogP contribution in [-0.4, -0.2) is 15.3 Å². The number of carbonyl (C=O) groups excluding carboxylic acids is 1. The first-order valence-corrected chi connectivity index (χ1v) is 9.12. The number of anilines is 1. The summed E-state index contributed by atoms with van der Waals surface area (Å²) in [7, 11) is 0. The molecule has 0 fully saturated rings. The zero-order valence-electron chi connectivity index (χ0n) is 14.2. The zero-order chi connectivity index (χ0) is 18.8. The van der Waals surface area contributed by atoms with Crippen molar-refractivity contribution in [2.75, 3.05) is 5.32 Å². The maximum Gasteiger partial charge on any atom is 0.228 e. The summed E-state index contributed by atoms with van der Waals surface area (Å²) in [5, 5.41) is 3.96. The van der Waals surface area contributed by atoms with Crippen LogP contribution in [0.15, 0.2) is 73.1 Å². The van der Waals surface area contributed by atoms with Crippen molar-refractivity contribution in [2.24, 2.45) is 0 Å². The van der Waals surface area contributed by atoms with Crippen LogP contribution in [0.2, 0.25) is 10.0 Å². The first-order valence-electron chi connectivity index (χ1n) is 8.36. The van der Waals surface area contributed by atoms with E-state index in [1.807, 2.05) is 60.8 Å². The van der Waals surface area contributed by atoms with Gasteiger partial charge in [-0.25, -0.2) is 4.98 Å². The van der Waals surface area contributed by atoms with Gasteiger partial charge in [0.25, 0.3) is 0 Å². The average molecular weight is 396 g/mol. The van der Waals surface area contributed by atoms with E-state index >= 15 is 0 Å². The van der Waals surface area contributed by atoms with Crippen LogP contribution in [0.1, 0.15) is 5.56 Å². The molecular formula is C21H15Cl2N3O. The Morgan fingerprint density at radius 3 is 2.63 bits per heavy atom. The molecule has 0 atom stereocenters. The minimum absolute atomic E-state index is 0.0665. The second-order valence-electron chi connectivity index (χ2n) is 6.15. The Balaban J connectivity index is 1.57. The van der Waals surface area contributed by atoms with Crippen molar-refractivity contribution in [3.05, 3.63) is 88.7 Å². The normalized spacial score (nSPS) is 10.9. The number of nitrogens with zero attached hydrogens (tertiary/aromatic N) is 2. The number of amides is 1. The Labute approximate surface area is 166 Å². The van der Waals surface area contributed by atoms with Crippen molar-refractivity contribution in [1.29, 1.82) is 0 Å². The molecule has 0 aliphatic carbocycles. The minimum Gasteiger partial charge on any atom is -0.326 e. The van der Waals surface area contributed by atoms with Gasteiger partial charge in [0.1, 0.15) is 0 Å². The first-order chi connectivity index (χ1) is 13.1. The molecule has 4 aromatic rings. The van der Waals surface area contributed by atoms with Gasteiger partial charge in [-0.15, -0.1) is 0 Å². The van der Waals surface area contributed by atoms with Crippen molar-refractivity contribution >= 4 is 40.4 Å². The van der Waals surface area contributed by atoms with Gasteiger partial charge >= 0.3 is 0 Å². The maximum absolute atomic E-state index is 12.3. The molecule has 2 aromatic heterocycles. The van der Waals surface area contributed by atoms with Gasteiger partial charge in [0.05, 0.1) is 22.2 Å². The summed E-state index contributed by atoms with van der Waals surface area (Å²) in [6.45, 7) is 0. The predicted octanol–water partition coefficient (Wildman–Crippen LogP) is 5.49. The quantitative estimate of drug-likeness (QED) is 0.496. The van der Waals surface area contributed by atoms with E-state index in [-0.39, 0.29) is 5.91 Å². The van der Waals surface area contributed by atoms with Gasteiger partial charge in [-0.1, -0.05) is 65.7 Å². The predicted molar refractivity (Wildman–Crippen MR) is 109 cm³/mol. The monoisotopic (exact) mass is 395 g/mol. The van der Waals surface area contributed by atoms with Crippen molar-refractivity contribution in [1.82, 2.24) is 9.38 Å². The number of rotatable bonds is 4. The lowest BCUT2D eigenvalue weighted by Gasteiger charge is -2.06. The van der Waals surface area contributed by atoms with Gasteiger partial charge in [-0.05, 0) is 23.8 Å². The third-order valence-corrected chi connectivity index (χ3v) is 4.61. The minimum atomic E-state index is -0.0665. The third-order valence-electron chi connectivity index (χ3n) is 4.12. The van der Waals surface area contributed by atoms with Gasteiger partial charge in [0, 0.05) is 23.6 Å². The van der Waals surface area contributed by atoms with Crippen molar-refractivity contribution < 1.29 is 4.79 Å². The number of imidazole rings is 1. The van der Waals surface area contributed by atoms with Gasteiger partial charge in [-0.2, -0.15) is 0 Å². The largest absolute Gasteiger partial charge is 0.326 e. The van der Waals surface area contributed by atoms with Crippen molar-refractivity contribution in [3.8, 4) is 11.3 Å². The molecule has 2 aromatic carbocycles. The molecule has 6 heteroatoms.